The van der Waals surface area contributed by atoms with Crippen molar-refractivity contribution in [2.75, 3.05) is 25.5 Å². The number of methoxy groups -OCH3 is 1. The Morgan fingerprint density at radius 1 is 1.11 bits per heavy atom. The number of benzene rings is 2. The lowest BCUT2D eigenvalue weighted by Crippen LogP contribution is -2.07. The summed E-state index contributed by atoms with van der Waals surface area (Å²) in [5.41, 5.74) is 9.39. The standard InChI is InChI=1S/C22H26ClN3O2/c1-14-8-11-26-21-18(25-10-5-4-9-24)13-19(27-3)22(20(14)21)28-16-6-7-17(23)15(2)12-16/h6-8,11-13,25H,4-5,9-10,24H2,1-3H3. The van der Waals surface area contributed by atoms with Gasteiger partial charge in [-0.3, -0.25) is 4.98 Å². The maximum atomic E-state index is 6.26. The molecule has 3 rings (SSSR count). The van der Waals surface area contributed by atoms with Crippen molar-refractivity contribution >= 4 is 28.2 Å². The molecule has 0 spiro atoms. The van der Waals surface area contributed by atoms with Crippen LogP contribution < -0.4 is 20.5 Å². The van der Waals surface area contributed by atoms with Gasteiger partial charge in [-0.25, -0.2) is 0 Å². The molecule has 0 atom stereocenters. The third-order valence-electron chi connectivity index (χ3n) is 4.66. The predicted molar refractivity (Wildman–Crippen MR) is 116 cm³/mol. The first-order valence-corrected chi connectivity index (χ1v) is 9.77. The number of unbranched alkanes of at least 4 members (excludes halogenated alkanes) is 1. The van der Waals surface area contributed by atoms with Crippen LogP contribution in [0.25, 0.3) is 10.9 Å². The number of anilines is 1. The molecule has 148 valence electrons. The van der Waals surface area contributed by atoms with E-state index in [1.54, 1.807) is 7.11 Å². The van der Waals surface area contributed by atoms with E-state index in [0.717, 1.165) is 47.1 Å². The highest BCUT2D eigenvalue weighted by Gasteiger charge is 2.18. The number of nitrogens with two attached hydrogens (primary N) is 1. The van der Waals surface area contributed by atoms with Crippen LogP contribution in [0.3, 0.4) is 0 Å². The van der Waals surface area contributed by atoms with Gasteiger partial charge >= 0.3 is 0 Å². The summed E-state index contributed by atoms with van der Waals surface area (Å²) in [6.07, 6.45) is 3.78. The SMILES string of the molecule is COc1cc(NCCCCN)c2nccc(C)c2c1Oc1ccc(Cl)c(C)c1. The summed E-state index contributed by atoms with van der Waals surface area (Å²) in [5.74, 6) is 2.00. The molecule has 0 bridgehead atoms. The van der Waals surface area contributed by atoms with Crippen molar-refractivity contribution in [2.24, 2.45) is 5.73 Å². The molecule has 1 heterocycles. The first-order chi connectivity index (χ1) is 13.5. The van der Waals surface area contributed by atoms with Crippen LogP contribution in [0.5, 0.6) is 17.2 Å². The van der Waals surface area contributed by atoms with E-state index >= 15 is 0 Å². The number of nitrogens with one attached hydrogen (secondary N) is 1. The molecule has 0 saturated heterocycles. The van der Waals surface area contributed by atoms with Crippen LogP contribution in [0.1, 0.15) is 24.0 Å². The summed E-state index contributed by atoms with van der Waals surface area (Å²) in [4.78, 5) is 4.61. The molecule has 5 nitrogen and oxygen atoms in total. The van der Waals surface area contributed by atoms with Gasteiger partial charge in [-0.05, 0) is 68.6 Å². The Morgan fingerprint density at radius 3 is 2.64 bits per heavy atom. The lowest BCUT2D eigenvalue weighted by atomic mass is 10.1. The van der Waals surface area contributed by atoms with E-state index in [-0.39, 0.29) is 0 Å². The molecule has 1 aromatic heterocycles. The molecule has 0 saturated carbocycles. The third kappa shape index (κ3) is 4.32. The number of fused-ring (bicyclic) bond motifs is 1. The number of ether oxygens (including phenoxy) is 2. The van der Waals surface area contributed by atoms with Crippen LogP contribution in [-0.2, 0) is 0 Å². The number of nitrogens with zero attached hydrogens (tertiary/aromatic N) is 1. The van der Waals surface area contributed by atoms with Crippen molar-refractivity contribution in [3.05, 3.63) is 52.7 Å². The van der Waals surface area contributed by atoms with Gasteiger partial charge in [0, 0.05) is 23.8 Å². The van der Waals surface area contributed by atoms with Gasteiger partial charge in [-0.15, -0.1) is 0 Å². The summed E-state index contributed by atoms with van der Waals surface area (Å²) in [5, 5.41) is 5.10. The molecule has 0 fully saturated rings. The van der Waals surface area contributed by atoms with Crippen molar-refractivity contribution < 1.29 is 9.47 Å². The lowest BCUT2D eigenvalue weighted by molar-refractivity contribution is 0.381. The van der Waals surface area contributed by atoms with Crippen molar-refractivity contribution in [1.29, 1.82) is 0 Å². The van der Waals surface area contributed by atoms with E-state index in [0.29, 0.717) is 28.8 Å². The van der Waals surface area contributed by atoms with Crippen molar-refractivity contribution in [3.63, 3.8) is 0 Å². The van der Waals surface area contributed by atoms with Crippen molar-refractivity contribution in [1.82, 2.24) is 4.98 Å². The molecule has 3 aromatic rings. The second-order valence-corrected chi connectivity index (χ2v) is 7.15. The fourth-order valence-electron chi connectivity index (χ4n) is 3.12. The summed E-state index contributed by atoms with van der Waals surface area (Å²) in [7, 11) is 1.64. The zero-order valence-electron chi connectivity index (χ0n) is 16.5. The minimum absolute atomic E-state index is 0.650. The lowest BCUT2D eigenvalue weighted by Gasteiger charge is -2.18. The molecule has 0 aliphatic rings. The van der Waals surface area contributed by atoms with Crippen LogP contribution >= 0.6 is 11.6 Å². The summed E-state index contributed by atoms with van der Waals surface area (Å²) in [6, 6.07) is 9.51. The third-order valence-corrected chi connectivity index (χ3v) is 5.08. The van der Waals surface area contributed by atoms with Crippen LogP contribution in [0, 0.1) is 13.8 Å². The number of halogens is 1. The van der Waals surface area contributed by atoms with Gasteiger partial charge in [-0.2, -0.15) is 0 Å². The summed E-state index contributed by atoms with van der Waals surface area (Å²) >= 11 is 6.15. The number of rotatable bonds is 8. The molecule has 0 aliphatic carbocycles. The number of aromatic nitrogens is 1. The van der Waals surface area contributed by atoms with Gasteiger partial charge in [0.05, 0.1) is 23.7 Å². The highest BCUT2D eigenvalue weighted by molar-refractivity contribution is 6.31. The predicted octanol–water partition coefficient (Wildman–Crippen LogP) is 5.46. The minimum atomic E-state index is 0.650. The molecule has 0 unspecified atom stereocenters. The Hall–Kier alpha value is -2.50. The van der Waals surface area contributed by atoms with E-state index in [1.165, 1.54) is 0 Å². The highest BCUT2D eigenvalue weighted by Crippen LogP contribution is 2.43. The minimum Gasteiger partial charge on any atom is -0.493 e. The molecule has 3 N–H and O–H groups in total. The first kappa shape index (κ1) is 20.2. The monoisotopic (exact) mass is 399 g/mol. The van der Waals surface area contributed by atoms with Gasteiger partial charge in [0.2, 0.25) is 0 Å². The molecule has 6 heteroatoms. The molecular weight excluding hydrogens is 374 g/mol. The number of hydrogen-bond donors (Lipinski definition) is 2. The van der Waals surface area contributed by atoms with Crippen LogP contribution in [0.15, 0.2) is 36.5 Å². The van der Waals surface area contributed by atoms with Crippen LogP contribution in [-0.4, -0.2) is 25.2 Å². The van der Waals surface area contributed by atoms with E-state index in [2.05, 4.69) is 10.3 Å². The van der Waals surface area contributed by atoms with Gasteiger partial charge < -0.3 is 20.5 Å². The Morgan fingerprint density at radius 2 is 1.93 bits per heavy atom. The smallest absolute Gasteiger partial charge is 0.179 e. The fourth-order valence-corrected chi connectivity index (χ4v) is 3.23. The second kappa shape index (κ2) is 9.13. The van der Waals surface area contributed by atoms with Crippen LogP contribution in [0.4, 0.5) is 5.69 Å². The second-order valence-electron chi connectivity index (χ2n) is 6.74. The average Bonchev–Trinajstić information content (AvgIpc) is 2.69. The zero-order chi connectivity index (χ0) is 20.1. The van der Waals surface area contributed by atoms with Gasteiger partial charge in [-0.1, -0.05) is 11.6 Å². The van der Waals surface area contributed by atoms with Crippen molar-refractivity contribution in [3.8, 4) is 17.2 Å². The molecule has 0 amide bonds. The summed E-state index contributed by atoms with van der Waals surface area (Å²) < 4.78 is 11.9. The van der Waals surface area contributed by atoms with Crippen molar-refractivity contribution in [2.45, 2.75) is 26.7 Å². The quantitative estimate of drug-likeness (QED) is 0.492. The van der Waals surface area contributed by atoms with Crippen LogP contribution in [0.2, 0.25) is 5.02 Å². The van der Waals surface area contributed by atoms with E-state index < -0.39 is 0 Å². The Kier molecular flexibility index (Phi) is 6.60. The number of aryl methyl sites for hydroxylation is 2. The first-order valence-electron chi connectivity index (χ1n) is 9.39. The Bertz CT molecular complexity index is 976. The van der Waals surface area contributed by atoms with Gasteiger partial charge in [0.25, 0.3) is 0 Å². The number of pyridine rings is 1. The summed E-state index contributed by atoms with van der Waals surface area (Å²) in [6.45, 7) is 5.51. The average molecular weight is 400 g/mol. The highest BCUT2D eigenvalue weighted by atomic mass is 35.5. The molecule has 0 aliphatic heterocycles. The van der Waals surface area contributed by atoms with E-state index in [4.69, 9.17) is 26.8 Å². The maximum absolute atomic E-state index is 6.26. The fraction of sp³-hybridized carbons (Fsp3) is 0.318. The zero-order valence-corrected chi connectivity index (χ0v) is 17.3. The Balaban J connectivity index is 2.07. The molecular formula is C22H26ClN3O2. The van der Waals surface area contributed by atoms with E-state index in [1.807, 2.05) is 50.4 Å². The number of hydrogen-bond acceptors (Lipinski definition) is 5. The van der Waals surface area contributed by atoms with Gasteiger partial charge in [0.15, 0.2) is 11.5 Å². The molecule has 28 heavy (non-hydrogen) atoms. The topological polar surface area (TPSA) is 69.4 Å². The van der Waals surface area contributed by atoms with E-state index in [9.17, 15) is 0 Å². The Labute approximate surface area is 170 Å². The molecule has 0 radical (unpaired) electrons. The maximum Gasteiger partial charge on any atom is 0.179 e. The van der Waals surface area contributed by atoms with Gasteiger partial charge in [0.1, 0.15) is 5.75 Å². The largest absolute Gasteiger partial charge is 0.493 e. The molecule has 2 aromatic carbocycles. The normalized spacial score (nSPS) is 10.9.